The minimum Gasteiger partial charge on any atom is -0.465 e. The Kier molecular flexibility index (Phi) is 45.2. The van der Waals surface area contributed by atoms with Crippen molar-refractivity contribution in [3.8, 4) is 0 Å². The first-order valence-electron chi connectivity index (χ1n) is 27.6. The molecule has 0 aliphatic carbocycles. The van der Waals surface area contributed by atoms with Crippen molar-refractivity contribution >= 4 is 70.0 Å². The van der Waals surface area contributed by atoms with E-state index in [0.29, 0.717) is 31.9 Å². The smallest absolute Gasteiger partial charge is 0.329 e. The lowest BCUT2D eigenvalue weighted by molar-refractivity contribution is -0.159. The molecule has 0 spiro atoms. The zero-order valence-electron chi connectivity index (χ0n) is 46.9. The first-order valence-corrected chi connectivity index (χ1v) is 29.2. The van der Waals surface area contributed by atoms with Crippen molar-refractivity contribution in [1.29, 1.82) is 0 Å². The van der Waals surface area contributed by atoms with Crippen LogP contribution >= 0.6 is 22.6 Å². The zero-order chi connectivity index (χ0) is 56.0. The number of unbranched alkanes of at least 4 members (excludes halogenated alkanes) is 13. The van der Waals surface area contributed by atoms with E-state index in [1.54, 1.807) is 20.8 Å². The maximum absolute atomic E-state index is 13.3. The summed E-state index contributed by atoms with van der Waals surface area (Å²) < 4.78 is 38.4. The molecule has 0 bridgehead atoms. The molecule has 0 saturated heterocycles. The van der Waals surface area contributed by atoms with Crippen LogP contribution in [0.4, 0.5) is 0 Å². The summed E-state index contributed by atoms with van der Waals surface area (Å²) >= 11 is 2.17. The van der Waals surface area contributed by atoms with Crippen LogP contribution in [0.15, 0.2) is 0 Å². The van der Waals surface area contributed by atoms with Crippen LogP contribution in [0, 0.1) is 11.8 Å². The van der Waals surface area contributed by atoms with Crippen molar-refractivity contribution in [1.82, 2.24) is 26.6 Å². The second-order valence-electron chi connectivity index (χ2n) is 20.5. The van der Waals surface area contributed by atoms with Gasteiger partial charge in [-0.05, 0) is 58.3 Å². The maximum atomic E-state index is 13.3. The Morgan fingerprint density at radius 3 is 1.28 bits per heavy atom. The van der Waals surface area contributed by atoms with Gasteiger partial charge in [0.1, 0.15) is 30.9 Å². The Morgan fingerprint density at radius 2 is 0.813 bits per heavy atom. The van der Waals surface area contributed by atoms with E-state index in [1.165, 1.54) is 38.5 Å². The van der Waals surface area contributed by atoms with E-state index < -0.39 is 35.5 Å². The molecule has 0 fully saturated rings. The number of amides is 5. The number of rotatable bonds is 49. The van der Waals surface area contributed by atoms with Gasteiger partial charge in [-0.15, -0.1) is 0 Å². The SMILES string of the molecule is CC(C)COC(=O)CCCCCCCCCCCCCCCCC(=O)N[C@@H](CCC(=O)N[C@@H](CCC(=O)NCCOCCOCC(=O)NCCOCCOCC(=O)NCCI)C(=O)OC(C)(C)C)C(=O)OCC(C)C. The van der Waals surface area contributed by atoms with Crippen LogP contribution in [0.2, 0.25) is 0 Å². The van der Waals surface area contributed by atoms with E-state index >= 15 is 0 Å². The molecular weight excluding hydrogens is 1090 g/mol. The van der Waals surface area contributed by atoms with Gasteiger partial charge in [0.05, 0.1) is 52.9 Å². The van der Waals surface area contributed by atoms with Crippen molar-refractivity contribution in [2.24, 2.45) is 11.8 Å². The van der Waals surface area contributed by atoms with Gasteiger partial charge < -0.3 is 59.7 Å². The molecule has 20 nitrogen and oxygen atoms in total. The first kappa shape index (κ1) is 71.3. The number of esters is 3. The minimum atomic E-state index is -1.15. The molecule has 0 aliphatic rings. The number of hydrogen-bond donors (Lipinski definition) is 5. The summed E-state index contributed by atoms with van der Waals surface area (Å²) in [6.45, 7) is 15.8. The highest BCUT2D eigenvalue weighted by Crippen LogP contribution is 2.15. The van der Waals surface area contributed by atoms with E-state index in [9.17, 15) is 38.4 Å². The zero-order valence-corrected chi connectivity index (χ0v) is 49.0. The van der Waals surface area contributed by atoms with Gasteiger partial charge in [0.2, 0.25) is 29.5 Å². The summed E-state index contributed by atoms with van der Waals surface area (Å²) in [6, 6.07) is -2.21. The average Bonchev–Trinajstić information content (AvgIpc) is 3.35. The van der Waals surface area contributed by atoms with Gasteiger partial charge in [-0.3, -0.25) is 28.8 Å². The van der Waals surface area contributed by atoms with Gasteiger partial charge in [0.25, 0.3) is 0 Å². The molecular formula is C54H98IN5O15. The normalized spacial score (nSPS) is 12.2. The Balaban J connectivity index is 4.54. The molecule has 0 radical (unpaired) electrons. The second kappa shape index (κ2) is 47.5. The van der Waals surface area contributed by atoms with E-state index in [1.807, 2.05) is 27.7 Å². The highest BCUT2D eigenvalue weighted by Gasteiger charge is 2.29. The molecule has 0 aromatic rings. The van der Waals surface area contributed by atoms with Crippen LogP contribution in [0.1, 0.15) is 177 Å². The Morgan fingerprint density at radius 1 is 0.427 bits per heavy atom. The number of halogens is 1. The Hall–Kier alpha value is -3.67. The molecule has 0 saturated carbocycles. The number of carbonyl (C=O) groups excluding carboxylic acids is 8. The van der Waals surface area contributed by atoms with Crippen molar-refractivity contribution in [3.63, 3.8) is 0 Å². The first-order chi connectivity index (χ1) is 35.8. The van der Waals surface area contributed by atoms with Crippen LogP contribution in [-0.2, 0) is 71.5 Å². The minimum absolute atomic E-state index is 0.0303. The molecule has 21 heteroatoms. The Bertz CT molecular complexity index is 1570. The van der Waals surface area contributed by atoms with Crippen LogP contribution in [-0.4, -0.2) is 155 Å². The standard InChI is InChI=1S/C54H98IN5O15/c1-42(2)38-73-51(66)23-21-19-17-15-13-11-9-8-10-12-14-16-18-20-22-47(62)59-44(52(67)74-39-43(3)4)25-27-48(63)60-45(53(68)75-54(5,6)7)24-26-46(61)57-30-32-69-34-37-72-41-50(65)58-31-33-70-35-36-71-40-49(64)56-29-28-55/h42-45H,8-41H2,1-7H3,(H,56,64)(H,57,61)(H,58,65)(H,59,62)(H,60,63)/t44-,45-/m0/s1. The average molecular weight is 1180 g/mol. The topological polar surface area (TPSA) is 261 Å². The lowest BCUT2D eigenvalue weighted by Gasteiger charge is -2.25. The molecule has 5 amide bonds. The number of ether oxygens (including phenoxy) is 7. The summed E-state index contributed by atoms with van der Waals surface area (Å²) in [7, 11) is 0. The molecule has 2 atom stereocenters. The predicted molar refractivity (Wildman–Crippen MR) is 295 cm³/mol. The van der Waals surface area contributed by atoms with Crippen LogP contribution in [0.5, 0.6) is 0 Å². The molecule has 0 aromatic heterocycles. The van der Waals surface area contributed by atoms with Crippen LogP contribution < -0.4 is 26.6 Å². The highest BCUT2D eigenvalue weighted by molar-refractivity contribution is 14.1. The van der Waals surface area contributed by atoms with Gasteiger partial charge in [-0.1, -0.05) is 127 Å². The quantitative estimate of drug-likeness (QED) is 0.0146. The van der Waals surface area contributed by atoms with E-state index in [4.69, 9.17) is 33.2 Å². The molecule has 0 aromatic carbocycles. The summed E-state index contributed by atoms with van der Waals surface area (Å²) in [5, 5.41) is 13.5. The predicted octanol–water partition coefficient (Wildman–Crippen LogP) is 6.35. The van der Waals surface area contributed by atoms with Gasteiger partial charge in [0.15, 0.2) is 0 Å². The third-order valence-corrected chi connectivity index (χ3v) is 11.4. The lowest BCUT2D eigenvalue weighted by atomic mass is 10.0. The van der Waals surface area contributed by atoms with Crippen molar-refractivity contribution in [2.75, 3.05) is 90.1 Å². The van der Waals surface area contributed by atoms with Crippen molar-refractivity contribution in [2.45, 2.75) is 195 Å². The largest absolute Gasteiger partial charge is 0.465 e. The molecule has 0 heterocycles. The monoisotopic (exact) mass is 1180 g/mol. The number of alkyl halides is 1. The van der Waals surface area contributed by atoms with Gasteiger partial charge in [-0.2, -0.15) is 0 Å². The molecule has 436 valence electrons. The number of carbonyl (C=O) groups is 8. The highest BCUT2D eigenvalue weighted by atomic mass is 127. The molecule has 0 aliphatic heterocycles. The van der Waals surface area contributed by atoms with Crippen molar-refractivity contribution in [3.05, 3.63) is 0 Å². The summed E-state index contributed by atoms with van der Waals surface area (Å²) in [5.74, 6) is -2.73. The maximum Gasteiger partial charge on any atom is 0.329 e. The number of nitrogens with one attached hydrogen (secondary N) is 5. The second-order valence-corrected chi connectivity index (χ2v) is 21.5. The molecule has 75 heavy (non-hydrogen) atoms. The molecule has 0 unspecified atom stereocenters. The van der Waals surface area contributed by atoms with Gasteiger partial charge in [0, 0.05) is 49.7 Å². The summed E-state index contributed by atoms with van der Waals surface area (Å²) in [6.07, 6.45) is 15.7. The molecule has 0 rings (SSSR count). The van der Waals surface area contributed by atoms with E-state index in [2.05, 4.69) is 49.2 Å². The fraction of sp³-hybridized carbons (Fsp3) is 0.852. The van der Waals surface area contributed by atoms with Crippen LogP contribution in [0.25, 0.3) is 0 Å². The fourth-order valence-electron chi connectivity index (χ4n) is 6.98. The third kappa shape index (κ3) is 48.4. The van der Waals surface area contributed by atoms with Gasteiger partial charge >= 0.3 is 17.9 Å². The van der Waals surface area contributed by atoms with Crippen LogP contribution in [0.3, 0.4) is 0 Å². The molecule has 5 N–H and O–H groups in total. The fourth-order valence-corrected chi connectivity index (χ4v) is 7.25. The third-order valence-electron chi connectivity index (χ3n) is 10.9. The summed E-state index contributed by atoms with van der Waals surface area (Å²) in [5.41, 5.74) is -0.862. The van der Waals surface area contributed by atoms with Gasteiger partial charge in [-0.25, -0.2) is 9.59 Å². The van der Waals surface area contributed by atoms with E-state index in [0.717, 1.165) is 49.4 Å². The Labute approximate surface area is 462 Å². The van der Waals surface area contributed by atoms with Crippen molar-refractivity contribution < 1.29 is 71.5 Å². The summed E-state index contributed by atoms with van der Waals surface area (Å²) in [4.78, 5) is 100. The number of hydrogen-bond acceptors (Lipinski definition) is 15. The lowest BCUT2D eigenvalue weighted by Crippen LogP contribution is -2.46. The van der Waals surface area contributed by atoms with E-state index in [-0.39, 0.29) is 140 Å².